The summed E-state index contributed by atoms with van der Waals surface area (Å²) in [7, 11) is 0. The SMILES string of the molecule is CC(=O)N(Cc1ccc(Cl)cc1)[C@@H](Cc1ccccc1)C(=O)NCCc1ccccc1. The lowest BCUT2D eigenvalue weighted by Crippen LogP contribution is -2.50. The summed E-state index contributed by atoms with van der Waals surface area (Å²) in [6.07, 6.45) is 1.19. The zero-order valence-electron chi connectivity index (χ0n) is 17.6. The lowest BCUT2D eigenvalue weighted by atomic mass is 10.0. The van der Waals surface area contributed by atoms with Crippen LogP contribution in [0.3, 0.4) is 0 Å². The number of carbonyl (C=O) groups excluding carboxylic acids is 2. The Kier molecular flexibility index (Phi) is 8.25. The standard InChI is InChI=1S/C26H27ClN2O2/c1-20(30)29(19-23-12-14-24(27)15-13-23)25(18-22-10-6-3-7-11-22)26(31)28-17-16-21-8-4-2-5-9-21/h2-15,25H,16-19H2,1H3,(H,28,31)/t25-/m0/s1. The highest BCUT2D eigenvalue weighted by Crippen LogP contribution is 2.16. The van der Waals surface area contributed by atoms with Crippen molar-refractivity contribution in [1.82, 2.24) is 10.2 Å². The summed E-state index contributed by atoms with van der Waals surface area (Å²) in [6, 6.07) is 26.5. The average molecular weight is 435 g/mol. The third kappa shape index (κ3) is 6.97. The van der Waals surface area contributed by atoms with Gasteiger partial charge in [0.1, 0.15) is 6.04 Å². The van der Waals surface area contributed by atoms with Crippen LogP contribution >= 0.6 is 11.6 Å². The molecule has 1 atom stereocenters. The molecule has 0 saturated carbocycles. The number of carbonyl (C=O) groups is 2. The molecule has 160 valence electrons. The van der Waals surface area contributed by atoms with Crippen LogP contribution in [-0.4, -0.2) is 29.3 Å². The molecule has 0 aliphatic heterocycles. The summed E-state index contributed by atoms with van der Waals surface area (Å²) in [4.78, 5) is 27.4. The van der Waals surface area contributed by atoms with E-state index in [0.29, 0.717) is 24.5 Å². The predicted molar refractivity (Wildman–Crippen MR) is 125 cm³/mol. The minimum atomic E-state index is -0.605. The molecule has 0 saturated heterocycles. The maximum absolute atomic E-state index is 13.2. The molecule has 5 heteroatoms. The first-order chi connectivity index (χ1) is 15.0. The highest BCUT2D eigenvalue weighted by molar-refractivity contribution is 6.30. The fraction of sp³-hybridized carbons (Fsp3) is 0.231. The van der Waals surface area contributed by atoms with Gasteiger partial charge in [0, 0.05) is 31.5 Å². The van der Waals surface area contributed by atoms with E-state index in [4.69, 9.17) is 11.6 Å². The van der Waals surface area contributed by atoms with Gasteiger partial charge < -0.3 is 10.2 Å². The molecule has 0 fully saturated rings. The molecular formula is C26H27ClN2O2. The van der Waals surface area contributed by atoms with Crippen LogP contribution in [0.2, 0.25) is 5.02 Å². The average Bonchev–Trinajstić information content (AvgIpc) is 2.78. The Balaban J connectivity index is 1.76. The van der Waals surface area contributed by atoms with Crippen LogP contribution in [-0.2, 0) is 29.0 Å². The molecule has 31 heavy (non-hydrogen) atoms. The number of hydrogen-bond donors (Lipinski definition) is 1. The molecule has 0 aromatic heterocycles. The molecule has 0 unspecified atom stereocenters. The van der Waals surface area contributed by atoms with E-state index < -0.39 is 6.04 Å². The summed E-state index contributed by atoms with van der Waals surface area (Å²) < 4.78 is 0. The molecular weight excluding hydrogens is 408 g/mol. The minimum Gasteiger partial charge on any atom is -0.354 e. The molecule has 3 aromatic carbocycles. The molecule has 0 aliphatic carbocycles. The fourth-order valence-corrected chi connectivity index (χ4v) is 3.63. The molecule has 4 nitrogen and oxygen atoms in total. The van der Waals surface area contributed by atoms with Crippen molar-refractivity contribution in [3.05, 3.63) is 107 Å². The molecule has 3 aromatic rings. The first kappa shape index (κ1) is 22.6. The van der Waals surface area contributed by atoms with Crippen molar-refractivity contribution < 1.29 is 9.59 Å². The Morgan fingerprint density at radius 3 is 2.00 bits per heavy atom. The topological polar surface area (TPSA) is 49.4 Å². The second-order valence-electron chi connectivity index (χ2n) is 7.51. The maximum atomic E-state index is 13.2. The minimum absolute atomic E-state index is 0.144. The van der Waals surface area contributed by atoms with Gasteiger partial charge in [-0.25, -0.2) is 0 Å². The van der Waals surface area contributed by atoms with Crippen molar-refractivity contribution in [3.8, 4) is 0 Å². The van der Waals surface area contributed by atoms with Crippen molar-refractivity contribution in [2.45, 2.75) is 32.4 Å². The van der Waals surface area contributed by atoms with E-state index in [0.717, 1.165) is 23.1 Å². The van der Waals surface area contributed by atoms with E-state index >= 15 is 0 Å². The van der Waals surface area contributed by atoms with Gasteiger partial charge in [-0.05, 0) is 35.2 Å². The van der Waals surface area contributed by atoms with Gasteiger partial charge in [-0.2, -0.15) is 0 Å². The van der Waals surface area contributed by atoms with Crippen LogP contribution in [0, 0.1) is 0 Å². The Labute approximate surface area is 188 Å². The first-order valence-corrected chi connectivity index (χ1v) is 10.8. The number of hydrogen-bond acceptors (Lipinski definition) is 2. The maximum Gasteiger partial charge on any atom is 0.243 e. The van der Waals surface area contributed by atoms with Crippen LogP contribution < -0.4 is 5.32 Å². The van der Waals surface area contributed by atoms with Crippen LogP contribution in [0.25, 0.3) is 0 Å². The summed E-state index contributed by atoms with van der Waals surface area (Å²) in [6.45, 7) is 2.36. The monoisotopic (exact) mass is 434 g/mol. The smallest absolute Gasteiger partial charge is 0.243 e. The summed E-state index contributed by atoms with van der Waals surface area (Å²) in [5, 5.41) is 3.66. The van der Waals surface area contributed by atoms with Crippen LogP contribution in [0.15, 0.2) is 84.9 Å². The third-order valence-electron chi connectivity index (χ3n) is 5.18. The normalized spacial score (nSPS) is 11.5. The van der Waals surface area contributed by atoms with E-state index in [-0.39, 0.29) is 11.8 Å². The van der Waals surface area contributed by atoms with E-state index in [1.165, 1.54) is 6.92 Å². The van der Waals surface area contributed by atoms with Crippen LogP contribution in [0.1, 0.15) is 23.6 Å². The van der Waals surface area contributed by atoms with Gasteiger partial charge in [-0.15, -0.1) is 0 Å². The van der Waals surface area contributed by atoms with Crippen molar-refractivity contribution in [3.63, 3.8) is 0 Å². The van der Waals surface area contributed by atoms with Crippen LogP contribution in [0.4, 0.5) is 0 Å². The molecule has 0 spiro atoms. The second kappa shape index (κ2) is 11.3. The van der Waals surface area contributed by atoms with Crippen molar-refractivity contribution >= 4 is 23.4 Å². The van der Waals surface area contributed by atoms with Gasteiger partial charge in [-0.1, -0.05) is 84.4 Å². The van der Waals surface area contributed by atoms with Crippen molar-refractivity contribution in [1.29, 1.82) is 0 Å². The largest absolute Gasteiger partial charge is 0.354 e. The number of amides is 2. The van der Waals surface area contributed by atoms with Crippen LogP contribution in [0.5, 0.6) is 0 Å². The zero-order valence-corrected chi connectivity index (χ0v) is 18.4. The number of nitrogens with zero attached hydrogens (tertiary/aromatic N) is 1. The van der Waals surface area contributed by atoms with Gasteiger partial charge in [0.05, 0.1) is 0 Å². The Hall–Kier alpha value is -3.11. The van der Waals surface area contributed by atoms with Gasteiger partial charge in [0.25, 0.3) is 0 Å². The number of halogens is 1. The first-order valence-electron chi connectivity index (χ1n) is 10.4. The lowest BCUT2D eigenvalue weighted by molar-refractivity contribution is -0.139. The van der Waals surface area contributed by atoms with E-state index in [2.05, 4.69) is 5.32 Å². The molecule has 2 amide bonds. The molecule has 0 bridgehead atoms. The van der Waals surface area contributed by atoms with E-state index in [1.54, 1.807) is 17.0 Å². The predicted octanol–water partition coefficient (Wildman–Crippen LogP) is 4.66. The van der Waals surface area contributed by atoms with E-state index in [9.17, 15) is 9.59 Å². The fourth-order valence-electron chi connectivity index (χ4n) is 3.50. The Morgan fingerprint density at radius 2 is 1.42 bits per heavy atom. The summed E-state index contributed by atoms with van der Waals surface area (Å²) in [5.74, 6) is -0.293. The summed E-state index contributed by atoms with van der Waals surface area (Å²) >= 11 is 5.99. The van der Waals surface area contributed by atoms with Gasteiger partial charge in [0.15, 0.2) is 0 Å². The third-order valence-corrected chi connectivity index (χ3v) is 5.43. The van der Waals surface area contributed by atoms with Gasteiger partial charge in [0.2, 0.25) is 11.8 Å². The lowest BCUT2D eigenvalue weighted by Gasteiger charge is -2.30. The van der Waals surface area contributed by atoms with Gasteiger partial charge in [-0.3, -0.25) is 9.59 Å². The number of benzene rings is 3. The van der Waals surface area contributed by atoms with Crippen molar-refractivity contribution in [2.75, 3.05) is 6.54 Å². The summed E-state index contributed by atoms with van der Waals surface area (Å²) in [5.41, 5.74) is 3.09. The number of rotatable bonds is 9. The molecule has 3 rings (SSSR count). The quantitative estimate of drug-likeness (QED) is 0.532. The highest BCUT2D eigenvalue weighted by Gasteiger charge is 2.28. The molecule has 0 heterocycles. The molecule has 1 N–H and O–H groups in total. The number of nitrogens with one attached hydrogen (secondary N) is 1. The second-order valence-corrected chi connectivity index (χ2v) is 7.94. The molecule has 0 radical (unpaired) electrons. The Bertz CT molecular complexity index is 975. The van der Waals surface area contributed by atoms with Gasteiger partial charge >= 0.3 is 0 Å². The van der Waals surface area contributed by atoms with Crippen molar-refractivity contribution in [2.24, 2.45) is 0 Å². The Morgan fingerprint density at radius 1 is 0.839 bits per heavy atom. The van der Waals surface area contributed by atoms with E-state index in [1.807, 2.05) is 72.8 Å². The molecule has 0 aliphatic rings. The highest BCUT2D eigenvalue weighted by atomic mass is 35.5. The zero-order chi connectivity index (χ0) is 22.1.